The van der Waals surface area contributed by atoms with Gasteiger partial charge in [0.05, 0.1) is 19.9 Å². The standard InChI is InChI=1S/C14H13N3O5/c1-21-8-5-3-7(4-6-8)17-12(18)9-10(13(17)19)15-16-11(9)14(20)22-2/h3-6,9,11,16H,1-2H3. The number of hydrazone groups is 1. The second-order valence-electron chi connectivity index (χ2n) is 4.78. The van der Waals surface area contributed by atoms with E-state index in [2.05, 4.69) is 15.3 Å². The summed E-state index contributed by atoms with van der Waals surface area (Å²) in [6.07, 6.45) is 0. The number of nitrogens with zero attached hydrogens (tertiary/aromatic N) is 2. The van der Waals surface area contributed by atoms with Gasteiger partial charge in [0.2, 0.25) is 5.91 Å². The van der Waals surface area contributed by atoms with Crippen LogP contribution in [-0.2, 0) is 19.1 Å². The van der Waals surface area contributed by atoms with Crippen molar-refractivity contribution in [1.82, 2.24) is 5.43 Å². The molecule has 0 aliphatic carbocycles. The van der Waals surface area contributed by atoms with Gasteiger partial charge in [0, 0.05) is 0 Å². The van der Waals surface area contributed by atoms with Gasteiger partial charge in [-0.15, -0.1) is 0 Å². The number of fused-ring (bicyclic) bond motifs is 1. The molecule has 2 heterocycles. The Labute approximate surface area is 125 Å². The summed E-state index contributed by atoms with van der Waals surface area (Å²) in [5, 5.41) is 3.82. The lowest BCUT2D eigenvalue weighted by molar-refractivity contribution is -0.145. The molecule has 1 fully saturated rings. The van der Waals surface area contributed by atoms with Crippen molar-refractivity contribution in [2.24, 2.45) is 11.0 Å². The first-order valence-corrected chi connectivity index (χ1v) is 6.51. The fourth-order valence-corrected chi connectivity index (χ4v) is 2.53. The maximum absolute atomic E-state index is 12.5. The monoisotopic (exact) mass is 303 g/mol. The number of nitrogens with one attached hydrogen (secondary N) is 1. The minimum atomic E-state index is -0.973. The zero-order chi connectivity index (χ0) is 15.9. The van der Waals surface area contributed by atoms with Crippen LogP contribution in [0.5, 0.6) is 5.75 Å². The van der Waals surface area contributed by atoms with Crippen molar-refractivity contribution in [2.75, 3.05) is 19.1 Å². The molecule has 2 amide bonds. The molecule has 0 bridgehead atoms. The van der Waals surface area contributed by atoms with Crippen molar-refractivity contribution in [3.8, 4) is 5.75 Å². The Hall–Kier alpha value is -2.90. The molecule has 1 aromatic rings. The summed E-state index contributed by atoms with van der Waals surface area (Å²) in [5.41, 5.74) is 2.91. The lowest BCUT2D eigenvalue weighted by Crippen LogP contribution is -2.42. The van der Waals surface area contributed by atoms with Crippen LogP contribution >= 0.6 is 0 Å². The SMILES string of the molecule is COC(=O)C1NN=C2C(=O)N(c3ccc(OC)cc3)C(=O)C21. The third-order valence-electron chi connectivity index (χ3n) is 3.65. The second kappa shape index (κ2) is 5.14. The van der Waals surface area contributed by atoms with E-state index in [0.717, 1.165) is 4.90 Å². The number of benzene rings is 1. The molecule has 2 atom stereocenters. The number of methoxy groups -OCH3 is 2. The molecule has 0 spiro atoms. The highest BCUT2D eigenvalue weighted by molar-refractivity contribution is 6.58. The Morgan fingerprint density at radius 1 is 1.23 bits per heavy atom. The number of imide groups is 1. The zero-order valence-electron chi connectivity index (χ0n) is 11.9. The molecule has 2 aliphatic rings. The third kappa shape index (κ3) is 1.92. The second-order valence-corrected chi connectivity index (χ2v) is 4.78. The van der Waals surface area contributed by atoms with E-state index in [9.17, 15) is 14.4 Å². The fraction of sp³-hybridized carbons (Fsp3) is 0.286. The first kappa shape index (κ1) is 14.1. The van der Waals surface area contributed by atoms with E-state index in [-0.39, 0.29) is 5.71 Å². The summed E-state index contributed by atoms with van der Waals surface area (Å²) in [6.45, 7) is 0. The molecule has 114 valence electrons. The van der Waals surface area contributed by atoms with Crippen molar-refractivity contribution in [2.45, 2.75) is 6.04 Å². The van der Waals surface area contributed by atoms with Crippen molar-refractivity contribution < 1.29 is 23.9 Å². The number of amides is 2. The molecule has 1 aromatic carbocycles. The first-order valence-electron chi connectivity index (χ1n) is 6.51. The van der Waals surface area contributed by atoms with Crippen molar-refractivity contribution in [3.63, 3.8) is 0 Å². The highest BCUT2D eigenvalue weighted by atomic mass is 16.5. The normalized spacial score (nSPS) is 23.0. The van der Waals surface area contributed by atoms with E-state index in [4.69, 9.17) is 4.74 Å². The summed E-state index contributed by atoms with van der Waals surface area (Å²) in [7, 11) is 2.73. The molecule has 1 N–H and O–H groups in total. The Morgan fingerprint density at radius 3 is 2.50 bits per heavy atom. The van der Waals surface area contributed by atoms with E-state index in [0.29, 0.717) is 11.4 Å². The quantitative estimate of drug-likeness (QED) is 0.607. The summed E-state index contributed by atoms with van der Waals surface area (Å²) < 4.78 is 9.66. The smallest absolute Gasteiger partial charge is 0.331 e. The Balaban J connectivity index is 1.93. The van der Waals surface area contributed by atoms with E-state index < -0.39 is 29.7 Å². The van der Waals surface area contributed by atoms with Crippen LogP contribution in [-0.4, -0.2) is 43.8 Å². The molecule has 0 aromatic heterocycles. The molecule has 2 aliphatic heterocycles. The lowest BCUT2D eigenvalue weighted by Gasteiger charge is -2.17. The van der Waals surface area contributed by atoms with Crippen molar-refractivity contribution >= 4 is 29.2 Å². The summed E-state index contributed by atoms with van der Waals surface area (Å²) in [6, 6.07) is 5.50. The number of hydrogen-bond donors (Lipinski definition) is 1. The third-order valence-corrected chi connectivity index (χ3v) is 3.65. The molecule has 0 radical (unpaired) electrons. The molecule has 3 rings (SSSR count). The molecule has 8 heteroatoms. The lowest BCUT2D eigenvalue weighted by atomic mass is 9.98. The van der Waals surface area contributed by atoms with Crippen LogP contribution in [0.15, 0.2) is 29.4 Å². The van der Waals surface area contributed by atoms with Crippen LogP contribution in [0.25, 0.3) is 0 Å². The van der Waals surface area contributed by atoms with Crippen molar-refractivity contribution in [1.29, 1.82) is 0 Å². The molecule has 22 heavy (non-hydrogen) atoms. The maximum atomic E-state index is 12.5. The predicted octanol–water partition coefficient (Wildman–Crippen LogP) is -0.315. The summed E-state index contributed by atoms with van der Waals surface area (Å²) in [4.78, 5) is 37.6. The Kier molecular flexibility index (Phi) is 3.28. The van der Waals surface area contributed by atoms with Crippen LogP contribution in [0.4, 0.5) is 5.69 Å². The molecule has 8 nitrogen and oxygen atoms in total. The molecule has 2 unspecified atom stereocenters. The van der Waals surface area contributed by atoms with Crippen LogP contribution in [0.2, 0.25) is 0 Å². The van der Waals surface area contributed by atoms with Gasteiger partial charge in [0.15, 0.2) is 6.04 Å². The number of anilines is 1. The van der Waals surface area contributed by atoms with E-state index >= 15 is 0 Å². The number of carbonyl (C=O) groups excluding carboxylic acids is 3. The number of hydrogen-bond acceptors (Lipinski definition) is 7. The van der Waals surface area contributed by atoms with Gasteiger partial charge in [-0.25, -0.2) is 9.69 Å². The molecular weight excluding hydrogens is 290 g/mol. The van der Waals surface area contributed by atoms with Gasteiger partial charge in [0.1, 0.15) is 17.4 Å². The maximum Gasteiger partial charge on any atom is 0.331 e. The summed E-state index contributed by atoms with van der Waals surface area (Å²) >= 11 is 0. The van der Waals surface area contributed by atoms with Gasteiger partial charge in [-0.2, -0.15) is 5.10 Å². The van der Waals surface area contributed by atoms with Gasteiger partial charge in [-0.1, -0.05) is 0 Å². The Morgan fingerprint density at radius 2 is 1.91 bits per heavy atom. The van der Waals surface area contributed by atoms with Crippen LogP contribution in [0.1, 0.15) is 0 Å². The highest BCUT2D eigenvalue weighted by Gasteiger charge is 2.55. The zero-order valence-corrected chi connectivity index (χ0v) is 11.9. The average molecular weight is 303 g/mol. The van der Waals surface area contributed by atoms with E-state index in [1.807, 2.05) is 0 Å². The largest absolute Gasteiger partial charge is 0.497 e. The average Bonchev–Trinajstić information content (AvgIpc) is 3.08. The van der Waals surface area contributed by atoms with E-state index in [1.165, 1.54) is 14.2 Å². The van der Waals surface area contributed by atoms with Gasteiger partial charge >= 0.3 is 5.97 Å². The molecular formula is C14H13N3O5. The number of ether oxygens (including phenoxy) is 2. The number of carbonyl (C=O) groups is 3. The van der Waals surface area contributed by atoms with Crippen molar-refractivity contribution in [3.05, 3.63) is 24.3 Å². The predicted molar refractivity (Wildman–Crippen MR) is 75.4 cm³/mol. The van der Waals surface area contributed by atoms with Gasteiger partial charge in [0.25, 0.3) is 5.91 Å². The van der Waals surface area contributed by atoms with Crippen LogP contribution in [0, 0.1) is 5.92 Å². The fourth-order valence-electron chi connectivity index (χ4n) is 2.53. The van der Waals surface area contributed by atoms with Crippen LogP contribution < -0.4 is 15.1 Å². The van der Waals surface area contributed by atoms with E-state index in [1.54, 1.807) is 24.3 Å². The first-order chi connectivity index (χ1) is 10.6. The molecule has 1 saturated heterocycles. The minimum absolute atomic E-state index is 0.0243. The summed E-state index contributed by atoms with van der Waals surface area (Å²) in [5.74, 6) is -2.04. The molecule has 0 saturated carbocycles. The van der Waals surface area contributed by atoms with Gasteiger partial charge < -0.3 is 9.47 Å². The topological polar surface area (TPSA) is 97.3 Å². The minimum Gasteiger partial charge on any atom is -0.497 e. The number of esters is 1. The van der Waals surface area contributed by atoms with Gasteiger partial charge in [-0.3, -0.25) is 15.0 Å². The number of rotatable bonds is 3. The Bertz CT molecular complexity index is 682. The highest BCUT2D eigenvalue weighted by Crippen LogP contribution is 2.30. The van der Waals surface area contributed by atoms with Gasteiger partial charge in [-0.05, 0) is 24.3 Å². The van der Waals surface area contributed by atoms with Crippen LogP contribution in [0.3, 0.4) is 0 Å².